The summed E-state index contributed by atoms with van der Waals surface area (Å²) in [6.45, 7) is 1.10. The number of benzene rings is 1. The maximum Gasteiger partial charge on any atom is 0.115 e. The summed E-state index contributed by atoms with van der Waals surface area (Å²) in [5, 5.41) is 13.5. The fourth-order valence-electron chi connectivity index (χ4n) is 1.50. The van der Waals surface area contributed by atoms with Crippen LogP contribution in [0.1, 0.15) is 11.3 Å². The van der Waals surface area contributed by atoms with Gasteiger partial charge >= 0.3 is 0 Å². The van der Waals surface area contributed by atoms with E-state index >= 15 is 0 Å². The molecule has 0 radical (unpaired) electrons. The van der Waals surface area contributed by atoms with Crippen molar-refractivity contribution in [1.29, 1.82) is 0 Å². The fraction of sp³-hybridized carbons (Fsp3) is 0.182. The monoisotopic (exact) mass is 203 g/mol. The van der Waals surface area contributed by atoms with Crippen LogP contribution in [0.5, 0.6) is 5.75 Å². The molecule has 0 unspecified atom stereocenters. The van der Waals surface area contributed by atoms with Gasteiger partial charge in [-0.15, -0.1) is 0 Å². The predicted octanol–water partition coefficient (Wildman–Crippen LogP) is 1.10. The number of phenols is 1. The summed E-state index contributed by atoms with van der Waals surface area (Å²) < 4.78 is 1.83. The van der Waals surface area contributed by atoms with Crippen molar-refractivity contribution >= 4 is 0 Å². The normalized spacial score (nSPS) is 10.5. The highest BCUT2D eigenvalue weighted by molar-refractivity contribution is 5.27. The van der Waals surface area contributed by atoms with Gasteiger partial charge in [0.2, 0.25) is 0 Å². The highest BCUT2D eigenvalue weighted by Gasteiger charge is 2.01. The first-order valence-electron chi connectivity index (χ1n) is 4.78. The molecule has 2 aromatic rings. The molecular formula is C11H13N3O. The lowest BCUT2D eigenvalue weighted by Gasteiger charge is -2.06. The van der Waals surface area contributed by atoms with Crippen molar-refractivity contribution in [2.75, 3.05) is 0 Å². The molecule has 0 bridgehead atoms. The SMILES string of the molecule is NCc1ccnn1Cc1cccc(O)c1. The molecule has 0 fully saturated rings. The minimum Gasteiger partial charge on any atom is -0.508 e. The first-order chi connectivity index (χ1) is 7.29. The molecule has 0 saturated heterocycles. The number of nitrogens with two attached hydrogens (primary N) is 1. The van der Waals surface area contributed by atoms with Gasteiger partial charge in [0.15, 0.2) is 0 Å². The molecule has 0 aliphatic rings. The number of phenolic OH excluding ortho intramolecular Hbond substituents is 1. The summed E-state index contributed by atoms with van der Waals surface area (Å²) in [6.07, 6.45) is 1.73. The van der Waals surface area contributed by atoms with Crippen LogP contribution in [0.4, 0.5) is 0 Å². The summed E-state index contributed by atoms with van der Waals surface area (Å²) in [5.41, 5.74) is 7.56. The molecule has 0 amide bonds. The van der Waals surface area contributed by atoms with Gasteiger partial charge in [0, 0.05) is 12.7 Å². The van der Waals surface area contributed by atoms with E-state index in [0.29, 0.717) is 13.1 Å². The lowest BCUT2D eigenvalue weighted by atomic mass is 10.2. The van der Waals surface area contributed by atoms with Gasteiger partial charge in [-0.05, 0) is 23.8 Å². The third kappa shape index (κ3) is 2.16. The summed E-state index contributed by atoms with van der Waals surface area (Å²) in [7, 11) is 0. The molecule has 4 heteroatoms. The van der Waals surface area contributed by atoms with Crippen LogP contribution >= 0.6 is 0 Å². The molecule has 1 aromatic heterocycles. The standard InChI is InChI=1S/C11H13N3O/c12-7-10-4-5-13-14(10)8-9-2-1-3-11(15)6-9/h1-6,15H,7-8,12H2. The smallest absolute Gasteiger partial charge is 0.115 e. The minimum atomic E-state index is 0.272. The molecule has 4 nitrogen and oxygen atoms in total. The number of aromatic hydroxyl groups is 1. The van der Waals surface area contributed by atoms with Crippen molar-refractivity contribution in [3.8, 4) is 5.75 Å². The zero-order valence-electron chi connectivity index (χ0n) is 8.30. The Balaban J connectivity index is 2.22. The topological polar surface area (TPSA) is 64.1 Å². The largest absolute Gasteiger partial charge is 0.508 e. The van der Waals surface area contributed by atoms with Gasteiger partial charge in [-0.2, -0.15) is 5.10 Å². The van der Waals surface area contributed by atoms with E-state index < -0.39 is 0 Å². The van der Waals surface area contributed by atoms with E-state index in [1.54, 1.807) is 18.3 Å². The van der Waals surface area contributed by atoms with Crippen LogP contribution in [0.25, 0.3) is 0 Å². The maximum atomic E-state index is 9.31. The Morgan fingerprint density at radius 2 is 2.20 bits per heavy atom. The molecule has 1 aromatic carbocycles. The summed E-state index contributed by atoms with van der Waals surface area (Å²) in [4.78, 5) is 0. The Bertz CT molecular complexity index is 451. The van der Waals surface area contributed by atoms with E-state index in [1.165, 1.54) is 0 Å². The van der Waals surface area contributed by atoms with E-state index in [0.717, 1.165) is 11.3 Å². The molecular weight excluding hydrogens is 190 g/mol. The van der Waals surface area contributed by atoms with Crippen LogP contribution < -0.4 is 5.73 Å². The average Bonchev–Trinajstić information content (AvgIpc) is 2.65. The Hall–Kier alpha value is -1.81. The average molecular weight is 203 g/mol. The van der Waals surface area contributed by atoms with Crippen molar-refractivity contribution in [2.24, 2.45) is 5.73 Å². The lowest BCUT2D eigenvalue weighted by Crippen LogP contribution is -2.09. The number of hydrogen-bond acceptors (Lipinski definition) is 3. The van der Waals surface area contributed by atoms with Crippen LogP contribution in [0.2, 0.25) is 0 Å². The van der Waals surface area contributed by atoms with Crippen molar-refractivity contribution in [2.45, 2.75) is 13.1 Å². The van der Waals surface area contributed by atoms with Crippen LogP contribution in [-0.2, 0) is 13.1 Å². The maximum absolute atomic E-state index is 9.31. The van der Waals surface area contributed by atoms with E-state index in [4.69, 9.17) is 5.73 Å². The Morgan fingerprint density at radius 3 is 2.93 bits per heavy atom. The second-order valence-electron chi connectivity index (χ2n) is 3.35. The first-order valence-corrected chi connectivity index (χ1v) is 4.78. The van der Waals surface area contributed by atoms with Gasteiger partial charge in [-0.25, -0.2) is 0 Å². The van der Waals surface area contributed by atoms with Crippen LogP contribution in [0.3, 0.4) is 0 Å². The Labute approximate surface area is 88.0 Å². The first kappa shape index (κ1) is 9.73. The second-order valence-corrected chi connectivity index (χ2v) is 3.35. The number of nitrogens with zero attached hydrogens (tertiary/aromatic N) is 2. The second kappa shape index (κ2) is 4.14. The zero-order chi connectivity index (χ0) is 10.7. The lowest BCUT2D eigenvalue weighted by molar-refractivity contribution is 0.474. The van der Waals surface area contributed by atoms with E-state index in [2.05, 4.69) is 5.10 Å². The van der Waals surface area contributed by atoms with Crippen LogP contribution in [0.15, 0.2) is 36.5 Å². The molecule has 15 heavy (non-hydrogen) atoms. The summed E-state index contributed by atoms with van der Waals surface area (Å²) in [6, 6.07) is 9.03. The van der Waals surface area contributed by atoms with Crippen molar-refractivity contribution in [1.82, 2.24) is 9.78 Å². The quantitative estimate of drug-likeness (QED) is 0.785. The summed E-state index contributed by atoms with van der Waals surface area (Å²) >= 11 is 0. The Kier molecular flexibility index (Phi) is 2.69. The van der Waals surface area contributed by atoms with Crippen molar-refractivity contribution in [3.63, 3.8) is 0 Å². The molecule has 2 rings (SSSR count). The molecule has 78 valence electrons. The fourth-order valence-corrected chi connectivity index (χ4v) is 1.50. The van der Waals surface area contributed by atoms with Gasteiger partial charge in [0.1, 0.15) is 5.75 Å². The van der Waals surface area contributed by atoms with Crippen molar-refractivity contribution in [3.05, 3.63) is 47.8 Å². The molecule has 1 heterocycles. The highest BCUT2D eigenvalue weighted by atomic mass is 16.3. The Morgan fingerprint density at radius 1 is 1.33 bits per heavy atom. The predicted molar refractivity (Wildman–Crippen MR) is 57.3 cm³/mol. The minimum absolute atomic E-state index is 0.272. The molecule has 0 spiro atoms. The van der Waals surface area contributed by atoms with Crippen molar-refractivity contribution < 1.29 is 5.11 Å². The van der Waals surface area contributed by atoms with E-state index in [-0.39, 0.29) is 5.75 Å². The van der Waals surface area contributed by atoms with Crippen LogP contribution in [0, 0.1) is 0 Å². The molecule has 0 aliphatic heterocycles. The van der Waals surface area contributed by atoms with Gasteiger partial charge in [0.05, 0.1) is 12.2 Å². The zero-order valence-corrected chi connectivity index (χ0v) is 8.30. The van der Waals surface area contributed by atoms with E-state index in [9.17, 15) is 5.11 Å². The number of aromatic nitrogens is 2. The molecule has 0 saturated carbocycles. The van der Waals surface area contributed by atoms with Gasteiger partial charge in [0.25, 0.3) is 0 Å². The van der Waals surface area contributed by atoms with Gasteiger partial charge < -0.3 is 10.8 Å². The number of rotatable bonds is 3. The third-order valence-electron chi connectivity index (χ3n) is 2.26. The highest BCUT2D eigenvalue weighted by Crippen LogP contribution is 2.12. The van der Waals surface area contributed by atoms with E-state index in [1.807, 2.05) is 22.9 Å². The van der Waals surface area contributed by atoms with Gasteiger partial charge in [-0.1, -0.05) is 12.1 Å². The number of hydrogen-bond donors (Lipinski definition) is 2. The molecule has 3 N–H and O–H groups in total. The molecule has 0 aliphatic carbocycles. The summed E-state index contributed by atoms with van der Waals surface area (Å²) in [5.74, 6) is 0.272. The van der Waals surface area contributed by atoms with Crippen LogP contribution in [-0.4, -0.2) is 14.9 Å². The van der Waals surface area contributed by atoms with Gasteiger partial charge in [-0.3, -0.25) is 4.68 Å². The molecule has 0 atom stereocenters. The third-order valence-corrected chi connectivity index (χ3v) is 2.26.